The van der Waals surface area contributed by atoms with Crippen LogP contribution in [0.3, 0.4) is 0 Å². The van der Waals surface area contributed by atoms with Gasteiger partial charge in [-0.1, -0.05) is 85.8 Å². The van der Waals surface area contributed by atoms with Gasteiger partial charge in [-0.25, -0.2) is 4.79 Å². The maximum absolute atomic E-state index is 13.2. The minimum atomic E-state index is -0.991. The number of alkyl carbamates (subject to hydrolysis) is 1. The minimum Gasteiger partial charge on any atom is -0.449 e. The number of carbonyl (C=O) groups is 4. The molecule has 5 N–H and O–H groups in total. The second-order valence-electron chi connectivity index (χ2n) is 9.81. The number of amides is 4. The maximum Gasteiger partial charge on any atom is 0.407 e. The van der Waals surface area contributed by atoms with Crippen LogP contribution in [0.25, 0.3) is 11.1 Å². The Morgan fingerprint density at radius 1 is 0.775 bits per heavy atom. The monoisotopic (exact) mass is 542 g/mol. The lowest BCUT2D eigenvalue weighted by molar-refractivity contribution is -0.131. The van der Waals surface area contributed by atoms with Crippen LogP contribution in [0.5, 0.6) is 0 Å². The lowest BCUT2D eigenvalue weighted by atomic mass is 9.98. The van der Waals surface area contributed by atoms with E-state index in [1.54, 1.807) is 6.92 Å². The molecule has 0 fully saturated rings. The van der Waals surface area contributed by atoms with Gasteiger partial charge in [0.2, 0.25) is 17.7 Å². The lowest BCUT2D eigenvalue weighted by Crippen LogP contribution is -2.56. The van der Waals surface area contributed by atoms with Crippen molar-refractivity contribution in [1.29, 1.82) is 0 Å². The van der Waals surface area contributed by atoms with Crippen LogP contribution in [0, 0.1) is 0 Å². The summed E-state index contributed by atoms with van der Waals surface area (Å²) < 4.78 is 5.59. The first-order chi connectivity index (χ1) is 19.3. The SMILES string of the molecule is CCC(NC(=O)OCC1c2ccccc2-c2ccccc21)C(=O)N[C@@H](Cc1ccccc1)C(=O)N[C@@H](C)C(N)=O. The van der Waals surface area contributed by atoms with Gasteiger partial charge in [0, 0.05) is 12.3 Å². The average molecular weight is 543 g/mol. The molecule has 0 spiro atoms. The third-order valence-corrected chi connectivity index (χ3v) is 7.06. The summed E-state index contributed by atoms with van der Waals surface area (Å²) in [6.45, 7) is 3.33. The van der Waals surface area contributed by atoms with Crippen LogP contribution in [0.4, 0.5) is 4.79 Å². The number of ether oxygens (including phenoxy) is 1. The quantitative estimate of drug-likeness (QED) is 0.295. The zero-order chi connectivity index (χ0) is 28.6. The van der Waals surface area contributed by atoms with E-state index in [-0.39, 0.29) is 25.4 Å². The highest BCUT2D eigenvalue weighted by Gasteiger charge is 2.31. The number of rotatable bonds is 11. The van der Waals surface area contributed by atoms with Gasteiger partial charge in [-0.15, -0.1) is 0 Å². The summed E-state index contributed by atoms with van der Waals surface area (Å²) in [5, 5.41) is 7.87. The van der Waals surface area contributed by atoms with E-state index in [4.69, 9.17) is 10.5 Å². The second kappa shape index (κ2) is 12.9. The Kier molecular flexibility index (Phi) is 9.16. The van der Waals surface area contributed by atoms with E-state index in [1.807, 2.05) is 66.7 Å². The van der Waals surface area contributed by atoms with Gasteiger partial charge in [0.15, 0.2) is 0 Å². The second-order valence-corrected chi connectivity index (χ2v) is 9.81. The molecule has 3 aromatic carbocycles. The molecule has 0 radical (unpaired) electrons. The Labute approximate surface area is 233 Å². The molecule has 4 amide bonds. The molecule has 3 atom stereocenters. The van der Waals surface area contributed by atoms with Crippen molar-refractivity contribution < 1.29 is 23.9 Å². The van der Waals surface area contributed by atoms with E-state index in [1.165, 1.54) is 6.92 Å². The van der Waals surface area contributed by atoms with Gasteiger partial charge in [-0.3, -0.25) is 14.4 Å². The van der Waals surface area contributed by atoms with Gasteiger partial charge in [-0.05, 0) is 41.2 Å². The summed E-state index contributed by atoms with van der Waals surface area (Å²) in [4.78, 5) is 50.4. The molecule has 9 heteroatoms. The normalized spacial score (nSPS) is 14.2. The van der Waals surface area contributed by atoms with Crippen molar-refractivity contribution in [3.8, 4) is 11.1 Å². The Morgan fingerprint density at radius 2 is 1.32 bits per heavy atom. The van der Waals surface area contributed by atoms with Gasteiger partial charge in [-0.2, -0.15) is 0 Å². The van der Waals surface area contributed by atoms with Crippen molar-refractivity contribution in [3.63, 3.8) is 0 Å². The number of carbonyl (C=O) groups excluding carboxylic acids is 4. The van der Waals surface area contributed by atoms with Crippen LogP contribution >= 0.6 is 0 Å². The first kappa shape index (κ1) is 28.4. The van der Waals surface area contributed by atoms with Gasteiger partial charge in [0.25, 0.3) is 0 Å². The molecule has 208 valence electrons. The smallest absolute Gasteiger partial charge is 0.407 e. The average Bonchev–Trinajstić information content (AvgIpc) is 3.28. The Bertz CT molecular complexity index is 1330. The Morgan fingerprint density at radius 3 is 1.90 bits per heavy atom. The van der Waals surface area contributed by atoms with Gasteiger partial charge in [0.1, 0.15) is 24.7 Å². The largest absolute Gasteiger partial charge is 0.449 e. The molecular formula is C31H34N4O5. The van der Waals surface area contributed by atoms with Crippen molar-refractivity contribution in [3.05, 3.63) is 95.6 Å². The van der Waals surface area contributed by atoms with E-state index in [0.717, 1.165) is 27.8 Å². The van der Waals surface area contributed by atoms with Crippen molar-refractivity contribution in [2.24, 2.45) is 5.73 Å². The first-order valence-electron chi connectivity index (χ1n) is 13.3. The molecule has 0 saturated heterocycles. The molecular weight excluding hydrogens is 508 g/mol. The summed E-state index contributed by atoms with van der Waals surface area (Å²) in [5.74, 6) is -1.90. The number of nitrogens with one attached hydrogen (secondary N) is 3. The maximum atomic E-state index is 13.2. The highest BCUT2D eigenvalue weighted by atomic mass is 16.5. The van der Waals surface area contributed by atoms with Crippen LogP contribution in [0.2, 0.25) is 0 Å². The van der Waals surface area contributed by atoms with Crippen LogP contribution in [0.15, 0.2) is 78.9 Å². The van der Waals surface area contributed by atoms with Crippen LogP contribution in [0.1, 0.15) is 42.9 Å². The molecule has 0 saturated carbocycles. The summed E-state index contributed by atoms with van der Waals surface area (Å²) >= 11 is 0. The summed E-state index contributed by atoms with van der Waals surface area (Å²) in [7, 11) is 0. The van der Waals surface area contributed by atoms with Crippen LogP contribution in [-0.2, 0) is 25.5 Å². The predicted octanol–water partition coefficient (Wildman–Crippen LogP) is 3.02. The highest BCUT2D eigenvalue weighted by molar-refractivity contribution is 5.93. The minimum absolute atomic E-state index is 0.113. The number of fused-ring (bicyclic) bond motifs is 3. The van der Waals surface area contributed by atoms with Gasteiger partial charge < -0.3 is 26.4 Å². The van der Waals surface area contributed by atoms with E-state index < -0.39 is 41.9 Å². The summed E-state index contributed by atoms with van der Waals surface area (Å²) in [6, 6.07) is 22.4. The molecule has 0 heterocycles. The topological polar surface area (TPSA) is 140 Å². The number of benzene rings is 3. The molecule has 1 unspecified atom stereocenters. The fourth-order valence-electron chi connectivity index (χ4n) is 4.85. The van der Waals surface area contributed by atoms with Gasteiger partial charge in [0.05, 0.1) is 0 Å². The van der Waals surface area contributed by atoms with Crippen molar-refractivity contribution in [2.45, 2.75) is 50.7 Å². The van der Waals surface area contributed by atoms with Crippen LogP contribution < -0.4 is 21.7 Å². The summed E-state index contributed by atoms with van der Waals surface area (Å²) in [6.07, 6.45) is -0.270. The molecule has 1 aliphatic rings. The third kappa shape index (κ3) is 6.66. The zero-order valence-corrected chi connectivity index (χ0v) is 22.6. The standard InChI is InChI=1S/C31H34N4O5/c1-3-26(29(37)34-27(17-20-11-5-4-6-12-20)30(38)33-19(2)28(32)36)35-31(39)40-18-25-23-15-9-7-13-21(23)22-14-8-10-16-24(22)25/h4-16,19,25-27H,3,17-18H2,1-2H3,(H2,32,36)(H,33,38)(H,34,37)(H,35,39)/t19-,26?,27-/m0/s1. The number of nitrogens with two attached hydrogens (primary N) is 1. The van der Waals surface area contributed by atoms with E-state index in [9.17, 15) is 19.2 Å². The lowest BCUT2D eigenvalue weighted by Gasteiger charge is -2.24. The molecule has 3 aromatic rings. The highest BCUT2D eigenvalue weighted by Crippen LogP contribution is 2.44. The Hall–Kier alpha value is -4.66. The summed E-state index contributed by atoms with van der Waals surface area (Å²) in [5.41, 5.74) is 10.5. The van der Waals surface area contributed by atoms with E-state index >= 15 is 0 Å². The first-order valence-corrected chi connectivity index (χ1v) is 13.3. The third-order valence-electron chi connectivity index (χ3n) is 7.06. The molecule has 9 nitrogen and oxygen atoms in total. The number of hydrogen-bond acceptors (Lipinski definition) is 5. The van der Waals surface area contributed by atoms with E-state index in [2.05, 4.69) is 28.1 Å². The molecule has 4 rings (SSSR count). The van der Waals surface area contributed by atoms with E-state index in [0.29, 0.717) is 0 Å². The molecule has 0 aliphatic heterocycles. The van der Waals surface area contributed by atoms with Crippen LogP contribution in [-0.4, -0.2) is 48.5 Å². The van der Waals surface area contributed by atoms with Crippen molar-refractivity contribution in [2.75, 3.05) is 6.61 Å². The fourth-order valence-corrected chi connectivity index (χ4v) is 4.85. The predicted molar refractivity (Wildman–Crippen MR) is 151 cm³/mol. The van der Waals surface area contributed by atoms with Crippen molar-refractivity contribution >= 4 is 23.8 Å². The fraction of sp³-hybridized carbons (Fsp3) is 0.290. The number of primary amides is 1. The van der Waals surface area contributed by atoms with Gasteiger partial charge >= 0.3 is 6.09 Å². The zero-order valence-electron chi connectivity index (χ0n) is 22.6. The molecule has 0 bridgehead atoms. The molecule has 0 aromatic heterocycles. The van der Waals surface area contributed by atoms with Crippen molar-refractivity contribution in [1.82, 2.24) is 16.0 Å². The molecule has 1 aliphatic carbocycles. The number of hydrogen-bond donors (Lipinski definition) is 4. The molecule has 40 heavy (non-hydrogen) atoms. The Balaban J connectivity index is 1.39.